The largest absolute Gasteiger partial charge is 0.444 e. The van der Waals surface area contributed by atoms with Crippen molar-refractivity contribution in [2.24, 2.45) is 0 Å². The van der Waals surface area contributed by atoms with Gasteiger partial charge in [-0.05, 0) is 6.54 Å². The number of hydrogen-bond donors (Lipinski definition) is 1. The van der Waals surface area contributed by atoms with Crippen LogP contribution in [0.15, 0.2) is 10.6 Å². The molecule has 4 nitrogen and oxygen atoms in total. The molecule has 74 valence electrons. The minimum Gasteiger partial charge on any atom is -0.444 e. The molecule has 0 aliphatic rings. The molecule has 0 radical (unpaired) electrons. The number of methoxy groups -OCH3 is 1. The number of nitrogens with zero attached hydrogens (tertiary/aromatic N) is 1. The van der Waals surface area contributed by atoms with Crippen LogP contribution in [0.3, 0.4) is 0 Å². The molecule has 1 rings (SSSR count). The minimum absolute atomic E-state index is 0.676. The summed E-state index contributed by atoms with van der Waals surface area (Å²) in [7, 11) is 1.68. The summed E-state index contributed by atoms with van der Waals surface area (Å²) < 4.78 is 10.4. The van der Waals surface area contributed by atoms with Gasteiger partial charge in [0.05, 0.1) is 19.3 Å². The fourth-order valence-electron chi connectivity index (χ4n) is 0.980. The van der Waals surface area contributed by atoms with Crippen LogP contribution >= 0.6 is 0 Å². The lowest BCUT2D eigenvalue weighted by Gasteiger charge is -1.95. The summed E-state index contributed by atoms with van der Waals surface area (Å²) >= 11 is 0. The number of oxazole rings is 1. The predicted octanol–water partition coefficient (Wildman–Crippen LogP) is 0.973. The summed E-state index contributed by atoms with van der Waals surface area (Å²) in [5.74, 6) is 1.63. The zero-order valence-corrected chi connectivity index (χ0v) is 8.17. The molecule has 0 saturated heterocycles. The molecule has 0 aromatic carbocycles. The molecule has 1 heterocycles. The molecule has 1 N–H and O–H groups in total. The lowest BCUT2D eigenvalue weighted by Crippen LogP contribution is -2.11. The van der Waals surface area contributed by atoms with Crippen molar-refractivity contribution in [3.05, 3.63) is 17.8 Å². The van der Waals surface area contributed by atoms with E-state index in [2.05, 4.69) is 17.2 Å². The monoisotopic (exact) mass is 184 g/mol. The molecule has 0 saturated carbocycles. The van der Waals surface area contributed by atoms with Gasteiger partial charge in [0, 0.05) is 13.5 Å². The highest BCUT2D eigenvalue weighted by Crippen LogP contribution is 2.03. The van der Waals surface area contributed by atoms with Crippen LogP contribution in [0.25, 0.3) is 0 Å². The van der Waals surface area contributed by atoms with Crippen LogP contribution < -0.4 is 5.32 Å². The summed E-state index contributed by atoms with van der Waals surface area (Å²) in [5, 5.41) is 3.15. The molecule has 0 amide bonds. The van der Waals surface area contributed by atoms with Gasteiger partial charge < -0.3 is 14.5 Å². The zero-order chi connectivity index (χ0) is 9.52. The second kappa shape index (κ2) is 5.72. The standard InChI is InChI=1S/C9H16N2O2/c1-3-10-7-9-11-6-8(13-9)4-5-12-2/h6,10H,3-5,7H2,1-2H3. The highest BCUT2D eigenvalue weighted by atomic mass is 16.5. The molecule has 4 heteroatoms. The van der Waals surface area contributed by atoms with Crippen molar-refractivity contribution in [1.82, 2.24) is 10.3 Å². The maximum absolute atomic E-state index is 5.43. The second-order valence-electron chi connectivity index (χ2n) is 2.74. The molecule has 0 unspecified atom stereocenters. The zero-order valence-electron chi connectivity index (χ0n) is 8.17. The van der Waals surface area contributed by atoms with Crippen molar-refractivity contribution in [1.29, 1.82) is 0 Å². The molecule has 0 aliphatic carbocycles. The Labute approximate surface area is 78.3 Å². The van der Waals surface area contributed by atoms with Crippen molar-refractivity contribution in [3.63, 3.8) is 0 Å². The van der Waals surface area contributed by atoms with Crippen molar-refractivity contribution in [2.45, 2.75) is 19.9 Å². The Balaban J connectivity index is 2.34. The molecule has 0 spiro atoms. The molecule has 0 bridgehead atoms. The van der Waals surface area contributed by atoms with Gasteiger partial charge >= 0.3 is 0 Å². The number of ether oxygens (including phenoxy) is 1. The molecule has 0 atom stereocenters. The lowest BCUT2D eigenvalue weighted by atomic mass is 10.4. The first-order chi connectivity index (χ1) is 6.36. The second-order valence-corrected chi connectivity index (χ2v) is 2.74. The van der Waals surface area contributed by atoms with E-state index in [0.717, 1.165) is 24.6 Å². The molecule has 13 heavy (non-hydrogen) atoms. The van der Waals surface area contributed by atoms with E-state index in [0.29, 0.717) is 13.2 Å². The molecular weight excluding hydrogens is 168 g/mol. The van der Waals surface area contributed by atoms with Gasteiger partial charge in [0.1, 0.15) is 5.76 Å². The number of rotatable bonds is 6. The number of hydrogen-bond acceptors (Lipinski definition) is 4. The molecule has 0 aliphatic heterocycles. The molecule has 1 aromatic rings. The van der Waals surface area contributed by atoms with Gasteiger partial charge in [0.2, 0.25) is 5.89 Å². The highest BCUT2D eigenvalue weighted by Gasteiger charge is 2.01. The normalized spacial score (nSPS) is 10.6. The summed E-state index contributed by atoms with van der Waals surface area (Å²) in [4.78, 5) is 4.12. The lowest BCUT2D eigenvalue weighted by molar-refractivity contribution is 0.196. The van der Waals surface area contributed by atoms with E-state index in [-0.39, 0.29) is 0 Å². The van der Waals surface area contributed by atoms with E-state index in [1.807, 2.05) is 0 Å². The quantitative estimate of drug-likeness (QED) is 0.715. The molecular formula is C9H16N2O2. The fourth-order valence-corrected chi connectivity index (χ4v) is 0.980. The van der Waals surface area contributed by atoms with Crippen LogP contribution in [0.4, 0.5) is 0 Å². The Morgan fingerprint density at radius 3 is 3.15 bits per heavy atom. The Hall–Kier alpha value is -0.870. The van der Waals surface area contributed by atoms with Crippen molar-refractivity contribution in [3.8, 4) is 0 Å². The third-order valence-electron chi connectivity index (χ3n) is 1.68. The van der Waals surface area contributed by atoms with Crippen LogP contribution in [0.5, 0.6) is 0 Å². The number of aromatic nitrogens is 1. The SMILES string of the molecule is CCNCc1ncc(CCOC)o1. The summed E-state index contributed by atoms with van der Waals surface area (Å²) in [6.07, 6.45) is 2.54. The van der Waals surface area contributed by atoms with Gasteiger partial charge in [-0.3, -0.25) is 0 Å². The van der Waals surface area contributed by atoms with E-state index in [4.69, 9.17) is 9.15 Å². The van der Waals surface area contributed by atoms with E-state index >= 15 is 0 Å². The summed E-state index contributed by atoms with van der Waals surface area (Å²) in [6.45, 7) is 4.35. The van der Waals surface area contributed by atoms with Gasteiger partial charge in [0.15, 0.2) is 0 Å². The van der Waals surface area contributed by atoms with Crippen molar-refractivity contribution < 1.29 is 9.15 Å². The smallest absolute Gasteiger partial charge is 0.208 e. The fraction of sp³-hybridized carbons (Fsp3) is 0.667. The van der Waals surface area contributed by atoms with Gasteiger partial charge in [-0.15, -0.1) is 0 Å². The third kappa shape index (κ3) is 3.57. The topological polar surface area (TPSA) is 47.3 Å². The minimum atomic E-state index is 0.676. The molecule has 1 aromatic heterocycles. The average molecular weight is 184 g/mol. The van der Waals surface area contributed by atoms with E-state index in [1.165, 1.54) is 0 Å². The van der Waals surface area contributed by atoms with Crippen LogP contribution in [-0.4, -0.2) is 25.2 Å². The van der Waals surface area contributed by atoms with Crippen molar-refractivity contribution >= 4 is 0 Å². The van der Waals surface area contributed by atoms with Crippen LogP contribution in [0.1, 0.15) is 18.6 Å². The Morgan fingerprint density at radius 2 is 2.46 bits per heavy atom. The van der Waals surface area contributed by atoms with E-state index in [1.54, 1.807) is 13.3 Å². The Morgan fingerprint density at radius 1 is 1.62 bits per heavy atom. The first-order valence-corrected chi connectivity index (χ1v) is 4.50. The molecule has 0 fully saturated rings. The van der Waals surface area contributed by atoms with Gasteiger partial charge in [0.25, 0.3) is 0 Å². The first kappa shape index (κ1) is 10.2. The summed E-state index contributed by atoms with van der Waals surface area (Å²) in [5.41, 5.74) is 0. The first-order valence-electron chi connectivity index (χ1n) is 4.50. The maximum Gasteiger partial charge on any atom is 0.208 e. The van der Waals surface area contributed by atoms with Gasteiger partial charge in [-0.1, -0.05) is 6.92 Å². The van der Waals surface area contributed by atoms with Crippen molar-refractivity contribution in [2.75, 3.05) is 20.3 Å². The third-order valence-corrected chi connectivity index (χ3v) is 1.68. The average Bonchev–Trinajstić information content (AvgIpc) is 2.59. The summed E-state index contributed by atoms with van der Waals surface area (Å²) in [6, 6.07) is 0. The number of nitrogens with one attached hydrogen (secondary N) is 1. The van der Waals surface area contributed by atoms with E-state index < -0.39 is 0 Å². The van der Waals surface area contributed by atoms with Gasteiger partial charge in [-0.2, -0.15) is 0 Å². The van der Waals surface area contributed by atoms with Crippen LogP contribution in [0.2, 0.25) is 0 Å². The maximum atomic E-state index is 5.43. The predicted molar refractivity (Wildman–Crippen MR) is 49.5 cm³/mol. The van der Waals surface area contributed by atoms with Crippen LogP contribution in [-0.2, 0) is 17.7 Å². The van der Waals surface area contributed by atoms with E-state index in [9.17, 15) is 0 Å². The van der Waals surface area contributed by atoms with Gasteiger partial charge in [-0.25, -0.2) is 4.98 Å². The van der Waals surface area contributed by atoms with Crippen LogP contribution in [0, 0.1) is 0 Å². The Bertz CT molecular complexity index is 213. The Kier molecular flexibility index (Phi) is 4.49. The highest BCUT2D eigenvalue weighted by molar-refractivity contribution is 4.94.